The minimum absolute atomic E-state index is 0.546. The van der Waals surface area contributed by atoms with E-state index in [0.29, 0.717) is 17.8 Å². The molecule has 0 bridgehead atoms. The molecule has 2 rings (SSSR count). The molecule has 0 aliphatic heterocycles. The lowest BCUT2D eigenvalue weighted by molar-refractivity contribution is 0.925. The Morgan fingerprint density at radius 2 is 2.24 bits per heavy atom. The Labute approximate surface area is 98.9 Å². The highest BCUT2D eigenvalue weighted by Gasteiger charge is 2.01. The SMILES string of the molecule is N#Cc1ccc(NCc2cccnn2)c(N)c1. The lowest BCUT2D eigenvalue weighted by Gasteiger charge is -2.08. The molecular weight excluding hydrogens is 214 g/mol. The Balaban J connectivity index is 2.08. The smallest absolute Gasteiger partial charge is 0.0992 e. The fraction of sp³-hybridized carbons (Fsp3) is 0.0833. The van der Waals surface area contributed by atoms with Crippen LogP contribution < -0.4 is 11.1 Å². The van der Waals surface area contributed by atoms with Crippen LogP contribution in [0.25, 0.3) is 0 Å². The Morgan fingerprint density at radius 1 is 1.35 bits per heavy atom. The third kappa shape index (κ3) is 2.69. The van der Waals surface area contributed by atoms with Gasteiger partial charge < -0.3 is 11.1 Å². The van der Waals surface area contributed by atoms with Crippen molar-refractivity contribution in [1.82, 2.24) is 10.2 Å². The summed E-state index contributed by atoms with van der Waals surface area (Å²) in [6.45, 7) is 0.546. The summed E-state index contributed by atoms with van der Waals surface area (Å²) in [5.74, 6) is 0. The van der Waals surface area contributed by atoms with E-state index in [2.05, 4.69) is 15.5 Å². The summed E-state index contributed by atoms with van der Waals surface area (Å²) in [5, 5.41) is 19.6. The van der Waals surface area contributed by atoms with Crippen molar-refractivity contribution in [3.63, 3.8) is 0 Å². The number of nitrogens with two attached hydrogens (primary N) is 1. The predicted octanol–water partition coefficient (Wildman–Crippen LogP) is 1.54. The van der Waals surface area contributed by atoms with Gasteiger partial charge in [-0.1, -0.05) is 0 Å². The maximum absolute atomic E-state index is 8.72. The second-order valence-electron chi connectivity index (χ2n) is 3.48. The summed E-state index contributed by atoms with van der Waals surface area (Å²) in [6, 6.07) is 10.9. The van der Waals surface area contributed by atoms with E-state index < -0.39 is 0 Å². The molecule has 84 valence electrons. The van der Waals surface area contributed by atoms with Gasteiger partial charge >= 0.3 is 0 Å². The molecule has 1 heterocycles. The number of nitrogen functional groups attached to an aromatic ring is 1. The molecule has 3 N–H and O–H groups in total. The Hall–Kier alpha value is -2.61. The maximum atomic E-state index is 8.72. The molecule has 5 heteroatoms. The van der Waals surface area contributed by atoms with Gasteiger partial charge in [0.15, 0.2) is 0 Å². The van der Waals surface area contributed by atoms with Crippen molar-refractivity contribution >= 4 is 11.4 Å². The molecule has 0 saturated heterocycles. The van der Waals surface area contributed by atoms with E-state index in [-0.39, 0.29) is 0 Å². The molecule has 2 aromatic rings. The fourth-order valence-electron chi connectivity index (χ4n) is 1.41. The highest BCUT2D eigenvalue weighted by Crippen LogP contribution is 2.19. The molecular formula is C12H11N5. The highest BCUT2D eigenvalue weighted by atomic mass is 15.1. The largest absolute Gasteiger partial charge is 0.397 e. The zero-order chi connectivity index (χ0) is 12.1. The van der Waals surface area contributed by atoms with Crippen LogP contribution in [0.1, 0.15) is 11.3 Å². The van der Waals surface area contributed by atoms with Crippen LogP contribution >= 0.6 is 0 Å². The zero-order valence-electron chi connectivity index (χ0n) is 9.09. The van der Waals surface area contributed by atoms with E-state index in [0.717, 1.165) is 11.4 Å². The van der Waals surface area contributed by atoms with Crippen LogP contribution in [0.3, 0.4) is 0 Å². The van der Waals surface area contributed by atoms with E-state index >= 15 is 0 Å². The molecule has 0 atom stereocenters. The first-order valence-corrected chi connectivity index (χ1v) is 5.09. The number of hydrogen-bond donors (Lipinski definition) is 2. The third-order valence-electron chi connectivity index (χ3n) is 2.27. The van der Waals surface area contributed by atoms with Gasteiger partial charge in [-0.2, -0.15) is 15.5 Å². The van der Waals surface area contributed by atoms with Gasteiger partial charge in [-0.3, -0.25) is 0 Å². The number of rotatable bonds is 3. The molecule has 17 heavy (non-hydrogen) atoms. The van der Waals surface area contributed by atoms with Crippen molar-refractivity contribution < 1.29 is 0 Å². The summed E-state index contributed by atoms with van der Waals surface area (Å²) >= 11 is 0. The van der Waals surface area contributed by atoms with Gasteiger partial charge in [0.1, 0.15) is 0 Å². The van der Waals surface area contributed by atoms with E-state index in [9.17, 15) is 0 Å². The molecule has 1 aromatic carbocycles. The molecule has 0 amide bonds. The van der Waals surface area contributed by atoms with Crippen LogP contribution in [0.4, 0.5) is 11.4 Å². The first-order valence-electron chi connectivity index (χ1n) is 5.09. The average Bonchev–Trinajstić information content (AvgIpc) is 2.38. The van der Waals surface area contributed by atoms with E-state index in [4.69, 9.17) is 11.0 Å². The molecule has 5 nitrogen and oxygen atoms in total. The lowest BCUT2D eigenvalue weighted by Crippen LogP contribution is -2.04. The van der Waals surface area contributed by atoms with E-state index in [1.807, 2.05) is 18.2 Å². The topological polar surface area (TPSA) is 87.6 Å². The van der Waals surface area contributed by atoms with Gasteiger partial charge in [-0.05, 0) is 30.3 Å². The van der Waals surface area contributed by atoms with Gasteiger partial charge in [-0.15, -0.1) is 0 Å². The summed E-state index contributed by atoms with van der Waals surface area (Å²) in [7, 11) is 0. The van der Waals surface area contributed by atoms with Crippen LogP contribution in [-0.2, 0) is 6.54 Å². The number of hydrogen-bond acceptors (Lipinski definition) is 5. The molecule has 1 aromatic heterocycles. The van der Waals surface area contributed by atoms with Crippen molar-refractivity contribution in [2.45, 2.75) is 6.54 Å². The molecule has 0 saturated carbocycles. The minimum atomic E-state index is 0.546. The molecule has 0 aliphatic carbocycles. The van der Waals surface area contributed by atoms with Crippen molar-refractivity contribution in [3.8, 4) is 6.07 Å². The van der Waals surface area contributed by atoms with Crippen molar-refractivity contribution in [2.24, 2.45) is 0 Å². The third-order valence-corrected chi connectivity index (χ3v) is 2.27. The zero-order valence-corrected chi connectivity index (χ0v) is 9.09. The number of nitrogens with zero attached hydrogens (tertiary/aromatic N) is 3. The monoisotopic (exact) mass is 225 g/mol. The van der Waals surface area contributed by atoms with Gasteiger partial charge in [0.05, 0.1) is 35.2 Å². The lowest BCUT2D eigenvalue weighted by atomic mass is 10.2. The first kappa shape index (κ1) is 10.9. The molecule has 0 unspecified atom stereocenters. The second kappa shape index (κ2) is 4.94. The fourth-order valence-corrected chi connectivity index (χ4v) is 1.41. The number of benzene rings is 1. The van der Waals surface area contributed by atoms with E-state index in [1.54, 1.807) is 24.4 Å². The summed E-state index contributed by atoms with van der Waals surface area (Å²) in [4.78, 5) is 0. The normalized spacial score (nSPS) is 9.59. The summed E-state index contributed by atoms with van der Waals surface area (Å²) in [6.07, 6.45) is 1.62. The Kier molecular flexibility index (Phi) is 3.17. The van der Waals surface area contributed by atoms with Crippen molar-refractivity contribution in [3.05, 3.63) is 47.8 Å². The van der Waals surface area contributed by atoms with Crippen LogP contribution in [0, 0.1) is 11.3 Å². The van der Waals surface area contributed by atoms with Crippen LogP contribution in [0.2, 0.25) is 0 Å². The van der Waals surface area contributed by atoms with Crippen LogP contribution in [0.5, 0.6) is 0 Å². The molecule has 0 aliphatic rings. The first-order chi connectivity index (χ1) is 8.29. The van der Waals surface area contributed by atoms with E-state index in [1.165, 1.54) is 0 Å². The van der Waals surface area contributed by atoms with Crippen molar-refractivity contribution in [1.29, 1.82) is 5.26 Å². The summed E-state index contributed by atoms with van der Waals surface area (Å²) < 4.78 is 0. The minimum Gasteiger partial charge on any atom is -0.397 e. The van der Waals surface area contributed by atoms with Gasteiger partial charge in [0, 0.05) is 6.20 Å². The quantitative estimate of drug-likeness (QED) is 0.773. The second-order valence-corrected chi connectivity index (χ2v) is 3.48. The van der Waals surface area contributed by atoms with Gasteiger partial charge in [0.25, 0.3) is 0 Å². The van der Waals surface area contributed by atoms with Crippen LogP contribution in [0.15, 0.2) is 36.5 Å². The molecule has 0 fully saturated rings. The predicted molar refractivity (Wildman–Crippen MR) is 64.9 cm³/mol. The van der Waals surface area contributed by atoms with Crippen LogP contribution in [-0.4, -0.2) is 10.2 Å². The number of nitrogens with one attached hydrogen (secondary N) is 1. The van der Waals surface area contributed by atoms with Gasteiger partial charge in [-0.25, -0.2) is 0 Å². The number of nitriles is 1. The maximum Gasteiger partial charge on any atom is 0.0992 e. The summed E-state index contributed by atoms with van der Waals surface area (Å²) in [5.41, 5.74) is 8.53. The Bertz CT molecular complexity index is 545. The average molecular weight is 225 g/mol. The number of anilines is 2. The highest BCUT2D eigenvalue weighted by molar-refractivity contribution is 5.68. The Morgan fingerprint density at radius 3 is 2.88 bits per heavy atom. The standard InChI is InChI=1S/C12H11N5/c13-7-9-3-4-12(11(14)6-9)15-8-10-2-1-5-16-17-10/h1-6,15H,8,14H2. The van der Waals surface area contributed by atoms with Gasteiger partial charge in [0.2, 0.25) is 0 Å². The van der Waals surface area contributed by atoms with Crippen molar-refractivity contribution in [2.75, 3.05) is 11.1 Å². The number of aromatic nitrogens is 2. The molecule has 0 radical (unpaired) electrons. The molecule has 0 spiro atoms.